The number of aromatic amines is 1. The number of allylic oxidation sites excluding steroid dienone is 3. The molecule has 10 atom stereocenters. The van der Waals surface area contributed by atoms with Crippen LogP contribution in [0.1, 0.15) is 58.9 Å². The van der Waals surface area contributed by atoms with Gasteiger partial charge in [-0.3, -0.25) is 14.4 Å². The molecule has 1 aromatic carbocycles. The summed E-state index contributed by atoms with van der Waals surface area (Å²) in [5.41, 5.74) is 0.795. The minimum absolute atomic E-state index is 0.0501. The number of ketones is 2. The van der Waals surface area contributed by atoms with Crippen molar-refractivity contribution in [2.75, 3.05) is 0 Å². The molecular weight excluding hydrogens is 516 g/mol. The van der Waals surface area contributed by atoms with E-state index in [-0.39, 0.29) is 41.7 Å². The van der Waals surface area contributed by atoms with E-state index >= 15 is 0 Å². The number of carbonyl (C=O) groups excluding carboxylic acids is 3. The molecule has 10 unspecified atom stereocenters. The van der Waals surface area contributed by atoms with Crippen molar-refractivity contribution < 1.29 is 24.2 Å². The van der Waals surface area contributed by atoms with Crippen LogP contribution in [0, 0.1) is 29.1 Å². The SMILES string of the molecule is CCC1C2C(C(C)c3c[nH]c4ccccc34)NC(=O)C23C(=O)/C=C\C(=O)C(O)/C(C)=C/C(C)C/C=C/C3C2OC12C. The molecule has 4 aliphatic rings. The first kappa shape index (κ1) is 27.9. The summed E-state index contributed by atoms with van der Waals surface area (Å²) in [6.45, 7) is 10.1. The van der Waals surface area contributed by atoms with Gasteiger partial charge >= 0.3 is 0 Å². The average Bonchev–Trinajstić information content (AvgIpc) is 3.31. The number of epoxide rings is 1. The maximum Gasteiger partial charge on any atom is 0.235 e. The van der Waals surface area contributed by atoms with Crippen molar-refractivity contribution in [1.29, 1.82) is 0 Å². The van der Waals surface area contributed by atoms with Crippen molar-refractivity contribution >= 4 is 28.4 Å². The highest BCUT2D eigenvalue weighted by molar-refractivity contribution is 6.15. The highest BCUT2D eigenvalue weighted by atomic mass is 16.6. The molecule has 0 radical (unpaired) electrons. The maximum atomic E-state index is 14.5. The van der Waals surface area contributed by atoms with Crippen LogP contribution in [0.5, 0.6) is 0 Å². The molecule has 7 heteroatoms. The fourth-order valence-corrected chi connectivity index (χ4v) is 8.41. The van der Waals surface area contributed by atoms with Crippen LogP contribution in [-0.4, -0.2) is 51.4 Å². The van der Waals surface area contributed by atoms with E-state index in [1.54, 1.807) is 6.92 Å². The van der Waals surface area contributed by atoms with Crippen molar-refractivity contribution in [3.05, 3.63) is 72.0 Å². The van der Waals surface area contributed by atoms with Crippen LogP contribution >= 0.6 is 0 Å². The van der Waals surface area contributed by atoms with E-state index in [1.807, 2.05) is 49.5 Å². The first-order valence-corrected chi connectivity index (χ1v) is 14.9. The van der Waals surface area contributed by atoms with Gasteiger partial charge in [-0.2, -0.15) is 0 Å². The molecule has 1 aromatic heterocycles. The van der Waals surface area contributed by atoms with Crippen molar-refractivity contribution in [2.24, 2.45) is 29.1 Å². The number of ether oxygens (including phenoxy) is 1. The molecule has 216 valence electrons. The van der Waals surface area contributed by atoms with Crippen molar-refractivity contribution in [2.45, 2.75) is 77.2 Å². The van der Waals surface area contributed by atoms with Crippen molar-refractivity contribution in [1.82, 2.24) is 10.3 Å². The third-order valence-corrected chi connectivity index (χ3v) is 10.5. The van der Waals surface area contributed by atoms with Gasteiger partial charge in [-0.1, -0.05) is 63.6 Å². The van der Waals surface area contributed by atoms with E-state index in [0.717, 1.165) is 29.0 Å². The number of aliphatic hydroxyl groups excluding tert-OH is 1. The number of amides is 1. The normalized spacial score (nSPS) is 42.3. The van der Waals surface area contributed by atoms with Gasteiger partial charge in [0, 0.05) is 40.9 Å². The lowest BCUT2D eigenvalue weighted by Gasteiger charge is -2.47. The molecule has 1 saturated carbocycles. The molecule has 2 saturated heterocycles. The number of hydrogen-bond acceptors (Lipinski definition) is 5. The summed E-state index contributed by atoms with van der Waals surface area (Å²) in [5.74, 6) is -2.17. The monoisotopic (exact) mass is 556 g/mol. The molecule has 41 heavy (non-hydrogen) atoms. The topological polar surface area (TPSA) is 112 Å². The Balaban J connectivity index is 1.51. The molecule has 3 N–H and O–H groups in total. The molecule has 2 aromatic rings. The summed E-state index contributed by atoms with van der Waals surface area (Å²) in [5, 5.41) is 15.1. The number of aromatic nitrogens is 1. The second kappa shape index (κ2) is 9.92. The lowest BCUT2D eigenvalue weighted by atomic mass is 9.50. The Morgan fingerprint density at radius 1 is 1.17 bits per heavy atom. The molecule has 2 aliphatic carbocycles. The van der Waals surface area contributed by atoms with Gasteiger partial charge in [-0.25, -0.2) is 0 Å². The quantitative estimate of drug-likeness (QED) is 0.286. The first-order valence-electron chi connectivity index (χ1n) is 14.9. The van der Waals surface area contributed by atoms with Gasteiger partial charge < -0.3 is 20.1 Å². The number of benzene rings is 1. The summed E-state index contributed by atoms with van der Waals surface area (Å²) < 4.78 is 6.45. The summed E-state index contributed by atoms with van der Waals surface area (Å²) in [6, 6.07) is 7.79. The van der Waals surface area contributed by atoms with Gasteiger partial charge in [0.1, 0.15) is 11.5 Å². The van der Waals surface area contributed by atoms with Crippen LogP contribution in [0.4, 0.5) is 0 Å². The van der Waals surface area contributed by atoms with Gasteiger partial charge in [0.25, 0.3) is 0 Å². The molecule has 6 rings (SSSR count). The zero-order valence-electron chi connectivity index (χ0n) is 24.4. The van der Waals surface area contributed by atoms with Crippen LogP contribution in [0.2, 0.25) is 0 Å². The summed E-state index contributed by atoms with van der Waals surface area (Å²) >= 11 is 0. The number of fused-ring (bicyclic) bond motifs is 3. The van der Waals surface area contributed by atoms with E-state index in [9.17, 15) is 19.5 Å². The Morgan fingerprint density at radius 3 is 2.68 bits per heavy atom. The van der Waals surface area contributed by atoms with E-state index in [1.165, 1.54) is 6.08 Å². The Labute approximate surface area is 241 Å². The lowest BCUT2D eigenvalue weighted by molar-refractivity contribution is -0.145. The van der Waals surface area contributed by atoms with E-state index in [0.29, 0.717) is 12.0 Å². The predicted octanol–water partition coefficient (Wildman–Crippen LogP) is 4.78. The molecule has 1 amide bonds. The predicted molar refractivity (Wildman–Crippen MR) is 157 cm³/mol. The zero-order chi connectivity index (χ0) is 29.3. The third-order valence-electron chi connectivity index (χ3n) is 10.5. The Bertz CT molecular complexity index is 1500. The minimum Gasteiger partial charge on any atom is -0.381 e. The van der Waals surface area contributed by atoms with Gasteiger partial charge in [0.05, 0.1) is 11.7 Å². The molecule has 1 spiro atoms. The Morgan fingerprint density at radius 2 is 1.93 bits per heavy atom. The lowest BCUT2D eigenvalue weighted by Crippen LogP contribution is -2.58. The summed E-state index contributed by atoms with van der Waals surface area (Å²) in [4.78, 5) is 45.2. The third kappa shape index (κ3) is 4.03. The van der Waals surface area contributed by atoms with E-state index < -0.39 is 34.6 Å². The largest absolute Gasteiger partial charge is 0.381 e. The van der Waals surface area contributed by atoms with E-state index in [4.69, 9.17) is 4.74 Å². The van der Waals surface area contributed by atoms with Gasteiger partial charge in [0.15, 0.2) is 11.6 Å². The molecule has 0 bridgehead atoms. The average molecular weight is 557 g/mol. The first-order chi connectivity index (χ1) is 19.5. The number of carbonyl (C=O) groups is 3. The van der Waals surface area contributed by atoms with Crippen LogP contribution < -0.4 is 5.32 Å². The zero-order valence-corrected chi connectivity index (χ0v) is 24.4. The summed E-state index contributed by atoms with van der Waals surface area (Å²) in [6.07, 6.45) is 10.2. The van der Waals surface area contributed by atoms with Gasteiger partial charge in [0.2, 0.25) is 5.91 Å². The Kier molecular flexibility index (Phi) is 6.74. The number of rotatable bonds is 3. The molecule has 2 aliphatic heterocycles. The fraction of sp³-hybridized carbons (Fsp3) is 0.500. The molecule has 3 heterocycles. The standard InChI is InChI=1S/C34H40N2O5/c1-6-23-28-29(20(4)22-17-35-25-13-8-7-11-21(22)25)36-32(40)34(28)24(31-33(23,5)41-31)12-9-10-18(2)16-19(3)30(39)26(37)14-15-27(34)38/h7-9,11-18,20,23-24,28-31,35,39H,6,10H2,1-5H3,(H,36,40)/b12-9+,15-14-,19-16+. The number of hydrogen-bond donors (Lipinski definition) is 3. The second-order valence-electron chi connectivity index (χ2n) is 12.8. The van der Waals surface area contributed by atoms with Crippen LogP contribution in [-0.2, 0) is 19.1 Å². The molecular formula is C34H40N2O5. The smallest absolute Gasteiger partial charge is 0.235 e. The van der Waals surface area contributed by atoms with Crippen molar-refractivity contribution in [3.8, 4) is 0 Å². The Hall–Kier alpha value is -3.29. The van der Waals surface area contributed by atoms with Gasteiger partial charge in [-0.05, 0) is 61.5 Å². The number of nitrogens with one attached hydrogen (secondary N) is 2. The summed E-state index contributed by atoms with van der Waals surface area (Å²) in [7, 11) is 0. The number of H-pyrrole nitrogens is 1. The van der Waals surface area contributed by atoms with Crippen molar-refractivity contribution in [3.63, 3.8) is 0 Å². The van der Waals surface area contributed by atoms with Crippen LogP contribution in [0.3, 0.4) is 0 Å². The van der Waals surface area contributed by atoms with Crippen LogP contribution in [0.15, 0.2) is 66.4 Å². The van der Waals surface area contributed by atoms with E-state index in [2.05, 4.69) is 37.1 Å². The van der Waals surface area contributed by atoms with Crippen LogP contribution in [0.25, 0.3) is 10.9 Å². The molecule has 3 fully saturated rings. The minimum atomic E-state index is -1.43. The van der Waals surface area contributed by atoms with Gasteiger partial charge in [-0.15, -0.1) is 0 Å². The second-order valence-corrected chi connectivity index (χ2v) is 12.8. The maximum absolute atomic E-state index is 14.5. The molecule has 7 nitrogen and oxygen atoms in total. The highest BCUT2D eigenvalue weighted by Gasteiger charge is 2.79. The highest BCUT2D eigenvalue weighted by Crippen LogP contribution is 2.67. The fourth-order valence-electron chi connectivity index (χ4n) is 8.41. The number of aliphatic hydroxyl groups is 1. The number of para-hydroxylation sites is 1.